The maximum absolute atomic E-state index is 6.33. The SMILES string of the molecule is CCC1CN(c2cccc(Cl)c2CCN)CCN1C. The highest BCUT2D eigenvalue weighted by molar-refractivity contribution is 6.31. The molecule has 1 aromatic rings. The Bertz CT molecular complexity index is 422. The van der Waals surface area contributed by atoms with Gasteiger partial charge >= 0.3 is 0 Å². The van der Waals surface area contributed by atoms with Crippen LogP contribution in [-0.2, 0) is 6.42 Å². The lowest BCUT2D eigenvalue weighted by Crippen LogP contribution is -2.51. The second kappa shape index (κ2) is 6.60. The molecule has 19 heavy (non-hydrogen) atoms. The summed E-state index contributed by atoms with van der Waals surface area (Å²) in [7, 11) is 2.21. The van der Waals surface area contributed by atoms with Crippen molar-refractivity contribution in [3.63, 3.8) is 0 Å². The third kappa shape index (κ3) is 3.22. The number of likely N-dealkylation sites (N-methyl/N-ethyl adjacent to an activating group) is 1. The highest BCUT2D eigenvalue weighted by Gasteiger charge is 2.24. The standard InChI is InChI=1S/C15H24ClN3/c1-3-12-11-19(10-9-18(12)2)15-6-4-5-14(16)13(15)7-8-17/h4-6,12H,3,7-11,17H2,1-2H3. The first kappa shape index (κ1) is 14.6. The quantitative estimate of drug-likeness (QED) is 0.920. The summed E-state index contributed by atoms with van der Waals surface area (Å²) in [5.41, 5.74) is 8.19. The van der Waals surface area contributed by atoms with Crippen LogP contribution in [0.3, 0.4) is 0 Å². The predicted molar refractivity (Wildman–Crippen MR) is 83.1 cm³/mol. The smallest absolute Gasteiger partial charge is 0.0459 e. The number of piperazine rings is 1. The fraction of sp³-hybridized carbons (Fsp3) is 0.600. The van der Waals surface area contributed by atoms with Crippen molar-refractivity contribution in [2.24, 2.45) is 5.73 Å². The summed E-state index contributed by atoms with van der Waals surface area (Å²) >= 11 is 6.33. The van der Waals surface area contributed by atoms with Gasteiger partial charge in [0.2, 0.25) is 0 Å². The van der Waals surface area contributed by atoms with Crippen LogP contribution in [0.25, 0.3) is 0 Å². The molecule has 1 saturated heterocycles. The average molecular weight is 282 g/mol. The van der Waals surface area contributed by atoms with E-state index in [1.165, 1.54) is 17.7 Å². The monoisotopic (exact) mass is 281 g/mol. The Morgan fingerprint density at radius 2 is 2.16 bits per heavy atom. The first-order valence-electron chi connectivity index (χ1n) is 7.10. The molecule has 4 heteroatoms. The van der Waals surface area contributed by atoms with E-state index >= 15 is 0 Å². The van der Waals surface area contributed by atoms with Gasteiger partial charge in [-0.05, 0) is 44.1 Å². The molecule has 1 atom stereocenters. The maximum Gasteiger partial charge on any atom is 0.0459 e. The van der Waals surface area contributed by atoms with E-state index in [1.54, 1.807) is 0 Å². The summed E-state index contributed by atoms with van der Waals surface area (Å²) in [5.74, 6) is 0. The van der Waals surface area contributed by atoms with E-state index in [0.717, 1.165) is 31.1 Å². The normalized spacial score (nSPS) is 20.8. The number of halogens is 1. The molecule has 0 aliphatic carbocycles. The van der Waals surface area contributed by atoms with E-state index in [4.69, 9.17) is 17.3 Å². The topological polar surface area (TPSA) is 32.5 Å². The van der Waals surface area contributed by atoms with Crippen molar-refractivity contribution in [3.05, 3.63) is 28.8 Å². The van der Waals surface area contributed by atoms with Gasteiger partial charge in [-0.2, -0.15) is 0 Å². The highest BCUT2D eigenvalue weighted by atomic mass is 35.5. The maximum atomic E-state index is 6.33. The van der Waals surface area contributed by atoms with Crippen LogP contribution in [0.1, 0.15) is 18.9 Å². The van der Waals surface area contributed by atoms with E-state index in [1.807, 2.05) is 12.1 Å². The molecule has 0 saturated carbocycles. The zero-order valence-corrected chi connectivity index (χ0v) is 12.7. The van der Waals surface area contributed by atoms with Gasteiger partial charge in [-0.15, -0.1) is 0 Å². The first-order valence-corrected chi connectivity index (χ1v) is 7.47. The third-order valence-electron chi connectivity index (χ3n) is 4.08. The minimum Gasteiger partial charge on any atom is -0.368 e. The van der Waals surface area contributed by atoms with Crippen LogP contribution >= 0.6 is 11.6 Å². The Morgan fingerprint density at radius 1 is 1.37 bits per heavy atom. The molecule has 0 radical (unpaired) electrons. The average Bonchev–Trinajstić information content (AvgIpc) is 2.42. The Balaban J connectivity index is 2.24. The summed E-state index contributed by atoms with van der Waals surface area (Å²) in [4.78, 5) is 4.91. The number of benzene rings is 1. The number of nitrogens with two attached hydrogens (primary N) is 1. The van der Waals surface area contributed by atoms with Gasteiger partial charge in [0.15, 0.2) is 0 Å². The minimum absolute atomic E-state index is 0.624. The van der Waals surface area contributed by atoms with Gasteiger partial charge in [0.25, 0.3) is 0 Å². The van der Waals surface area contributed by atoms with Crippen molar-refractivity contribution in [1.29, 1.82) is 0 Å². The lowest BCUT2D eigenvalue weighted by molar-refractivity contribution is 0.213. The van der Waals surface area contributed by atoms with Crippen LogP contribution < -0.4 is 10.6 Å². The second-order valence-electron chi connectivity index (χ2n) is 5.26. The number of hydrogen-bond donors (Lipinski definition) is 1. The van der Waals surface area contributed by atoms with Crippen molar-refractivity contribution in [3.8, 4) is 0 Å². The first-order chi connectivity index (χ1) is 9.17. The molecule has 3 nitrogen and oxygen atoms in total. The zero-order chi connectivity index (χ0) is 13.8. The van der Waals surface area contributed by atoms with Crippen LogP contribution in [-0.4, -0.2) is 44.2 Å². The lowest BCUT2D eigenvalue weighted by atomic mass is 10.0. The van der Waals surface area contributed by atoms with Crippen molar-refractivity contribution in [2.75, 3.05) is 38.1 Å². The van der Waals surface area contributed by atoms with Crippen molar-refractivity contribution in [1.82, 2.24) is 4.90 Å². The molecular formula is C15H24ClN3. The summed E-state index contributed by atoms with van der Waals surface area (Å²) in [6, 6.07) is 6.80. The Morgan fingerprint density at radius 3 is 2.84 bits per heavy atom. The lowest BCUT2D eigenvalue weighted by Gasteiger charge is -2.41. The van der Waals surface area contributed by atoms with E-state index in [0.29, 0.717) is 12.6 Å². The van der Waals surface area contributed by atoms with Gasteiger partial charge in [-0.3, -0.25) is 4.90 Å². The molecular weight excluding hydrogens is 258 g/mol. The molecule has 1 aliphatic heterocycles. The molecule has 2 rings (SSSR count). The fourth-order valence-electron chi connectivity index (χ4n) is 2.84. The molecule has 106 valence electrons. The highest BCUT2D eigenvalue weighted by Crippen LogP contribution is 2.29. The molecule has 0 amide bonds. The third-order valence-corrected chi connectivity index (χ3v) is 4.43. The number of nitrogens with zero attached hydrogens (tertiary/aromatic N) is 2. The van der Waals surface area contributed by atoms with Crippen molar-refractivity contribution in [2.45, 2.75) is 25.8 Å². The van der Waals surface area contributed by atoms with Gasteiger partial charge in [-0.25, -0.2) is 0 Å². The second-order valence-corrected chi connectivity index (χ2v) is 5.67. The molecule has 0 bridgehead atoms. The molecule has 0 aromatic heterocycles. The summed E-state index contributed by atoms with van der Waals surface area (Å²) in [5, 5.41) is 0.843. The van der Waals surface area contributed by atoms with E-state index in [9.17, 15) is 0 Å². The van der Waals surface area contributed by atoms with Crippen molar-refractivity contribution >= 4 is 17.3 Å². The summed E-state index contributed by atoms with van der Waals surface area (Å²) in [6.07, 6.45) is 2.03. The Hall–Kier alpha value is -0.770. The summed E-state index contributed by atoms with van der Waals surface area (Å²) < 4.78 is 0. The van der Waals surface area contributed by atoms with Crippen LogP contribution in [0.4, 0.5) is 5.69 Å². The largest absolute Gasteiger partial charge is 0.368 e. The summed E-state index contributed by atoms with van der Waals surface area (Å²) in [6.45, 7) is 6.13. The molecule has 1 unspecified atom stereocenters. The molecule has 2 N–H and O–H groups in total. The van der Waals surface area contributed by atoms with Gasteiger partial charge in [-0.1, -0.05) is 24.6 Å². The number of hydrogen-bond acceptors (Lipinski definition) is 3. The van der Waals surface area contributed by atoms with Gasteiger partial charge < -0.3 is 10.6 Å². The van der Waals surface area contributed by atoms with Gasteiger partial charge in [0.05, 0.1) is 0 Å². The molecule has 1 fully saturated rings. The van der Waals surface area contributed by atoms with E-state index in [-0.39, 0.29) is 0 Å². The van der Waals surface area contributed by atoms with Crippen LogP contribution in [0.5, 0.6) is 0 Å². The molecule has 0 spiro atoms. The van der Waals surface area contributed by atoms with Crippen LogP contribution in [0.15, 0.2) is 18.2 Å². The van der Waals surface area contributed by atoms with Crippen LogP contribution in [0.2, 0.25) is 5.02 Å². The Labute approximate surface area is 121 Å². The number of anilines is 1. The minimum atomic E-state index is 0.624. The molecule has 1 heterocycles. The van der Waals surface area contributed by atoms with E-state index in [2.05, 4.69) is 29.8 Å². The van der Waals surface area contributed by atoms with Gasteiger partial charge in [0, 0.05) is 36.4 Å². The molecule has 1 aromatic carbocycles. The van der Waals surface area contributed by atoms with Gasteiger partial charge in [0.1, 0.15) is 0 Å². The zero-order valence-electron chi connectivity index (χ0n) is 11.9. The predicted octanol–water partition coefficient (Wildman–Crippen LogP) is 2.37. The number of rotatable bonds is 4. The molecule has 1 aliphatic rings. The fourth-order valence-corrected chi connectivity index (χ4v) is 3.11. The Kier molecular flexibility index (Phi) is 5.08. The van der Waals surface area contributed by atoms with Crippen LogP contribution in [0, 0.1) is 0 Å². The van der Waals surface area contributed by atoms with Crippen molar-refractivity contribution < 1.29 is 0 Å². The van der Waals surface area contributed by atoms with E-state index < -0.39 is 0 Å².